The van der Waals surface area contributed by atoms with Crippen molar-refractivity contribution in [2.24, 2.45) is 15.0 Å². The molecule has 0 unspecified atom stereocenters. The molecule has 0 heterocycles. The van der Waals surface area contributed by atoms with E-state index in [9.17, 15) is 0 Å². The van der Waals surface area contributed by atoms with E-state index in [1.807, 2.05) is 66.7 Å². The summed E-state index contributed by atoms with van der Waals surface area (Å²) in [5.74, 6) is 1.06. The van der Waals surface area contributed by atoms with Gasteiger partial charge >= 0.3 is 0 Å². The van der Waals surface area contributed by atoms with E-state index in [-0.39, 0.29) is 5.41 Å². The highest BCUT2D eigenvalue weighted by Gasteiger charge is 2.35. The summed E-state index contributed by atoms with van der Waals surface area (Å²) >= 11 is 0. The first-order valence-corrected chi connectivity index (χ1v) is 19.9. The van der Waals surface area contributed by atoms with Crippen LogP contribution in [0.25, 0.3) is 39.0 Å². The molecule has 8 rings (SSSR count). The van der Waals surface area contributed by atoms with Crippen molar-refractivity contribution in [3.05, 3.63) is 227 Å². The number of hydrogen-bond donors (Lipinski definition) is 0. The number of hydrogen-bond acceptors (Lipinski definition) is 1. The summed E-state index contributed by atoms with van der Waals surface area (Å²) in [6, 6.07) is 57.7. The third-order valence-corrected chi connectivity index (χ3v) is 11.3. The Morgan fingerprint density at radius 3 is 1.86 bits per heavy atom. The number of aliphatic imine (C=N–C) groups is 3. The topological polar surface area (TPSA) is 37.1 Å². The van der Waals surface area contributed by atoms with Crippen LogP contribution in [-0.4, -0.2) is 18.4 Å². The van der Waals surface area contributed by atoms with Gasteiger partial charge in [-0.25, -0.2) is 15.0 Å². The molecule has 0 saturated carbocycles. The molecule has 0 radical (unpaired) electrons. The monoisotopic (exact) mass is 749 g/mol. The molecule has 0 spiro atoms. The van der Waals surface area contributed by atoms with Crippen LogP contribution in [0.4, 0.5) is 5.69 Å². The molecule has 3 nitrogen and oxygen atoms in total. The van der Waals surface area contributed by atoms with Crippen LogP contribution in [0, 0.1) is 13.8 Å². The molecule has 0 N–H and O–H groups in total. The largest absolute Gasteiger partial charge is 0.244 e. The summed E-state index contributed by atoms with van der Waals surface area (Å²) in [6.07, 6.45) is 6.42. The Balaban J connectivity index is 1.37. The number of rotatable bonds is 8. The van der Waals surface area contributed by atoms with Gasteiger partial charge in [0.15, 0.2) is 11.7 Å². The number of aryl methyl sites for hydroxylation is 2. The number of benzene rings is 7. The smallest absolute Gasteiger partial charge is 0.162 e. The SMILES string of the molecule is C=NC(=NC(=Nc1ccccc1/C(=C\C=C\C)c1cc(C)c(-c2ccccc2C)cc1-c1ccc2c(c1)C(C)(C)c1ccccc1-2)c1ccccc1)c1ccccc1. The van der Waals surface area contributed by atoms with Gasteiger partial charge in [-0.1, -0.05) is 178 Å². The van der Waals surface area contributed by atoms with Crippen molar-refractivity contribution in [1.82, 2.24) is 0 Å². The van der Waals surface area contributed by atoms with E-state index in [0.29, 0.717) is 11.7 Å². The van der Waals surface area contributed by atoms with E-state index < -0.39 is 0 Å². The van der Waals surface area contributed by atoms with Crippen molar-refractivity contribution < 1.29 is 0 Å². The van der Waals surface area contributed by atoms with Crippen LogP contribution in [0.1, 0.15) is 65.3 Å². The van der Waals surface area contributed by atoms with Crippen molar-refractivity contribution in [3.63, 3.8) is 0 Å². The number of allylic oxidation sites excluding steroid dienone is 3. The number of para-hydroxylation sites is 1. The lowest BCUT2D eigenvalue weighted by Gasteiger charge is -2.23. The molecule has 1 aliphatic rings. The summed E-state index contributed by atoms with van der Waals surface area (Å²) in [7, 11) is 0. The van der Waals surface area contributed by atoms with Gasteiger partial charge in [0.25, 0.3) is 0 Å². The molecule has 0 fully saturated rings. The highest BCUT2D eigenvalue weighted by Crippen LogP contribution is 2.50. The van der Waals surface area contributed by atoms with E-state index in [1.165, 1.54) is 50.1 Å². The summed E-state index contributed by atoms with van der Waals surface area (Å²) < 4.78 is 0. The summed E-state index contributed by atoms with van der Waals surface area (Å²) in [5, 5.41) is 0. The zero-order chi connectivity index (χ0) is 40.2. The minimum atomic E-state index is -0.135. The maximum atomic E-state index is 5.36. The second kappa shape index (κ2) is 16.3. The summed E-state index contributed by atoms with van der Waals surface area (Å²) in [6.45, 7) is 15.1. The highest BCUT2D eigenvalue weighted by molar-refractivity contribution is 6.13. The molecule has 0 aliphatic heterocycles. The van der Waals surface area contributed by atoms with Crippen molar-refractivity contribution in [2.75, 3.05) is 0 Å². The lowest BCUT2D eigenvalue weighted by atomic mass is 9.80. The van der Waals surface area contributed by atoms with E-state index in [2.05, 4.69) is 162 Å². The third kappa shape index (κ3) is 7.24. The summed E-state index contributed by atoms with van der Waals surface area (Å²) in [5.41, 5.74) is 18.2. The highest BCUT2D eigenvalue weighted by atomic mass is 15.0. The minimum Gasteiger partial charge on any atom is -0.244 e. The standard InChI is InChI=1S/C55H47N3/c1-7-8-26-43(46-29-18-20-31-52(46)57-54(40-24-13-10-14-25-40)58-53(56-6)39-22-11-9-12-23-39)49-34-38(3)47(42-27-16-15-21-37(42)2)36-48(49)41-32-33-45-44-28-17-19-30-50(44)55(4,5)51(45)35-41/h7-36H,6H2,1-5H3/b8-7+,43-26+,57-54?,58-53?. The quantitative estimate of drug-likeness (QED) is 0.0843. The second-order valence-corrected chi connectivity index (χ2v) is 15.3. The molecular formula is C55H47N3. The number of amidine groups is 2. The fourth-order valence-electron chi connectivity index (χ4n) is 8.26. The zero-order valence-electron chi connectivity index (χ0n) is 33.9. The normalized spacial score (nSPS) is 13.7. The molecule has 7 aromatic carbocycles. The third-order valence-electron chi connectivity index (χ3n) is 11.3. The Hall–Kier alpha value is -6.97. The first-order chi connectivity index (χ1) is 28.3. The van der Waals surface area contributed by atoms with Crippen molar-refractivity contribution in [2.45, 2.75) is 40.0 Å². The maximum Gasteiger partial charge on any atom is 0.162 e. The van der Waals surface area contributed by atoms with E-state index in [1.54, 1.807) is 0 Å². The lowest BCUT2D eigenvalue weighted by molar-refractivity contribution is 0.660. The van der Waals surface area contributed by atoms with Crippen LogP contribution in [0.5, 0.6) is 0 Å². The van der Waals surface area contributed by atoms with Gasteiger partial charge in [0, 0.05) is 22.1 Å². The fourth-order valence-corrected chi connectivity index (χ4v) is 8.26. The average Bonchev–Trinajstić information content (AvgIpc) is 3.49. The number of fused-ring (bicyclic) bond motifs is 3. The van der Waals surface area contributed by atoms with Gasteiger partial charge in [-0.05, 0) is 112 Å². The Kier molecular flexibility index (Phi) is 10.6. The zero-order valence-corrected chi connectivity index (χ0v) is 33.9. The molecule has 0 amide bonds. The molecule has 0 atom stereocenters. The Labute approximate surface area is 343 Å². The van der Waals surface area contributed by atoms with Gasteiger partial charge in [-0.3, -0.25) is 0 Å². The van der Waals surface area contributed by atoms with Crippen LogP contribution in [0.15, 0.2) is 197 Å². The average molecular weight is 750 g/mol. The van der Waals surface area contributed by atoms with Crippen molar-refractivity contribution >= 4 is 29.6 Å². The maximum absolute atomic E-state index is 5.36. The van der Waals surface area contributed by atoms with Crippen molar-refractivity contribution in [3.8, 4) is 33.4 Å². The molecule has 282 valence electrons. The molecule has 0 aromatic heterocycles. The van der Waals surface area contributed by atoms with Crippen LogP contribution in [-0.2, 0) is 5.41 Å². The van der Waals surface area contributed by atoms with Crippen LogP contribution < -0.4 is 0 Å². The Morgan fingerprint density at radius 2 is 1.16 bits per heavy atom. The van der Waals surface area contributed by atoms with Gasteiger partial charge in [0.2, 0.25) is 0 Å². The first kappa shape index (κ1) is 37.9. The first-order valence-electron chi connectivity index (χ1n) is 19.9. The van der Waals surface area contributed by atoms with Gasteiger partial charge < -0.3 is 0 Å². The van der Waals surface area contributed by atoms with Gasteiger partial charge in [0.1, 0.15) is 0 Å². The predicted molar refractivity (Wildman–Crippen MR) is 248 cm³/mol. The van der Waals surface area contributed by atoms with E-state index >= 15 is 0 Å². The van der Waals surface area contributed by atoms with E-state index in [4.69, 9.17) is 9.98 Å². The van der Waals surface area contributed by atoms with Gasteiger partial charge in [-0.15, -0.1) is 0 Å². The fraction of sp³-hybridized carbons (Fsp3) is 0.109. The lowest BCUT2D eigenvalue weighted by Crippen LogP contribution is -2.15. The molecular weight excluding hydrogens is 703 g/mol. The molecule has 1 aliphatic carbocycles. The predicted octanol–water partition coefficient (Wildman–Crippen LogP) is 14.2. The molecule has 3 heteroatoms. The van der Waals surface area contributed by atoms with Crippen LogP contribution in [0.2, 0.25) is 0 Å². The van der Waals surface area contributed by atoms with Gasteiger partial charge in [-0.2, -0.15) is 0 Å². The Morgan fingerprint density at radius 1 is 0.534 bits per heavy atom. The molecule has 0 bridgehead atoms. The summed E-state index contributed by atoms with van der Waals surface area (Å²) in [4.78, 5) is 14.8. The Bertz CT molecular complexity index is 2780. The minimum absolute atomic E-state index is 0.135. The van der Waals surface area contributed by atoms with Gasteiger partial charge in [0.05, 0.1) is 5.69 Å². The van der Waals surface area contributed by atoms with Crippen LogP contribution in [0.3, 0.4) is 0 Å². The van der Waals surface area contributed by atoms with E-state index in [0.717, 1.165) is 39.1 Å². The second-order valence-electron chi connectivity index (χ2n) is 15.3. The number of nitrogens with zero attached hydrogens (tertiary/aromatic N) is 3. The molecule has 0 saturated heterocycles. The molecule has 58 heavy (non-hydrogen) atoms. The van der Waals surface area contributed by atoms with Crippen LogP contribution >= 0.6 is 0 Å². The van der Waals surface area contributed by atoms with Crippen molar-refractivity contribution in [1.29, 1.82) is 0 Å². The molecule has 7 aromatic rings.